The zero-order chi connectivity index (χ0) is 9.99. The van der Waals surface area contributed by atoms with Gasteiger partial charge in [0.1, 0.15) is 0 Å². The number of fused-ring (bicyclic) bond motifs is 2. The third kappa shape index (κ3) is 0.751. The maximum Gasteiger partial charge on any atom is 0.225 e. The van der Waals surface area contributed by atoms with Crippen molar-refractivity contribution in [3.63, 3.8) is 0 Å². The molecule has 0 radical (unpaired) electrons. The lowest BCUT2D eigenvalue weighted by Crippen LogP contribution is -2.25. The summed E-state index contributed by atoms with van der Waals surface area (Å²) in [5.41, 5.74) is 2.74. The molecule has 0 saturated carbocycles. The molecule has 4 atom stereocenters. The molecule has 1 aromatic rings. The normalized spacial score (nSPS) is 39.1. The maximum absolute atomic E-state index is 11.8. The first kappa shape index (κ1) is 7.69. The van der Waals surface area contributed by atoms with E-state index in [0.29, 0.717) is 11.8 Å². The predicted molar refractivity (Wildman–Crippen MR) is 56.5 cm³/mol. The van der Waals surface area contributed by atoms with Crippen LogP contribution in [0.4, 0.5) is 0 Å². The fourth-order valence-electron chi connectivity index (χ4n) is 3.45. The lowest BCUT2D eigenvalue weighted by atomic mass is 9.82. The third-order valence-electron chi connectivity index (χ3n) is 4.01. The molecule has 1 aliphatic heterocycles. The minimum Gasteiger partial charge on any atom is -0.349 e. The van der Waals surface area contributed by atoms with Crippen molar-refractivity contribution < 1.29 is 4.79 Å². The van der Waals surface area contributed by atoms with Crippen LogP contribution in [0.3, 0.4) is 0 Å². The number of hydrogen-bond acceptors (Lipinski definition) is 1. The van der Waals surface area contributed by atoms with Gasteiger partial charge in [-0.05, 0) is 11.1 Å². The Labute approximate surface area is 88.0 Å². The van der Waals surface area contributed by atoms with Crippen molar-refractivity contribution in [2.75, 3.05) is 0 Å². The summed E-state index contributed by atoms with van der Waals surface area (Å²) in [6.45, 7) is 0. The SMILES string of the molecule is O=C1N[C@H]2C=C[C@H]3c4ccccc4[C@H]2[C@H]13. The van der Waals surface area contributed by atoms with E-state index in [-0.39, 0.29) is 17.9 Å². The van der Waals surface area contributed by atoms with E-state index >= 15 is 0 Å². The summed E-state index contributed by atoms with van der Waals surface area (Å²) < 4.78 is 0. The highest BCUT2D eigenvalue weighted by atomic mass is 16.2. The Morgan fingerprint density at radius 2 is 1.80 bits per heavy atom. The van der Waals surface area contributed by atoms with Gasteiger partial charge in [-0.3, -0.25) is 4.79 Å². The molecule has 0 unspecified atom stereocenters. The van der Waals surface area contributed by atoms with Gasteiger partial charge in [-0.1, -0.05) is 36.4 Å². The zero-order valence-corrected chi connectivity index (χ0v) is 8.18. The van der Waals surface area contributed by atoms with E-state index in [2.05, 4.69) is 41.7 Å². The van der Waals surface area contributed by atoms with Gasteiger partial charge in [-0.15, -0.1) is 0 Å². The summed E-state index contributed by atoms with van der Waals surface area (Å²) in [5, 5.41) is 3.06. The van der Waals surface area contributed by atoms with Crippen molar-refractivity contribution >= 4 is 5.91 Å². The van der Waals surface area contributed by atoms with Crippen molar-refractivity contribution in [2.45, 2.75) is 17.9 Å². The summed E-state index contributed by atoms with van der Waals surface area (Å²) >= 11 is 0. The maximum atomic E-state index is 11.8. The fourth-order valence-corrected chi connectivity index (χ4v) is 3.45. The molecule has 1 N–H and O–H groups in total. The Morgan fingerprint density at radius 3 is 2.67 bits per heavy atom. The van der Waals surface area contributed by atoms with E-state index in [1.807, 2.05) is 0 Å². The number of amides is 1. The summed E-state index contributed by atoms with van der Waals surface area (Å²) in [4.78, 5) is 11.8. The molecule has 0 aromatic heterocycles. The zero-order valence-electron chi connectivity index (χ0n) is 8.18. The Morgan fingerprint density at radius 1 is 1.00 bits per heavy atom. The van der Waals surface area contributed by atoms with Crippen LogP contribution in [0.2, 0.25) is 0 Å². The molecule has 15 heavy (non-hydrogen) atoms. The van der Waals surface area contributed by atoms with Crippen LogP contribution < -0.4 is 5.32 Å². The van der Waals surface area contributed by atoms with Gasteiger partial charge in [-0.25, -0.2) is 0 Å². The lowest BCUT2D eigenvalue weighted by molar-refractivity contribution is -0.122. The van der Waals surface area contributed by atoms with E-state index in [1.165, 1.54) is 11.1 Å². The number of hydrogen-bond donors (Lipinski definition) is 1. The van der Waals surface area contributed by atoms with Crippen molar-refractivity contribution in [2.24, 2.45) is 5.92 Å². The number of rotatable bonds is 0. The molecule has 1 fully saturated rings. The van der Waals surface area contributed by atoms with Gasteiger partial charge in [-0.2, -0.15) is 0 Å². The summed E-state index contributed by atoms with van der Waals surface area (Å²) in [7, 11) is 0. The average molecular weight is 197 g/mol. The molecule has 74 valence electrons. The van der Waals surface area contributed by atoms with E-state index in [0.717, 1.165) is 0 Å². The monoisotopic (exact) mass is 197 g/mol. The largest absolute Gasteiger partial charge is 0.349 e. The van der Waals surface area contributed by atoms with Crippen molar-refractivity contribution in [1.82, 2.24) is 5.32 Å². The van der Waals surface area contributed by atoms with Crippen molar-refractivity contribution in [1.29, 1.82) is 0 Å². The van der Waals surface area contributed by atoms with Crippen LogP contribution in [0.1, 0.15) is 23.0 Å². The summed E-state index contributed by atoms with van der Waals surface area (Å²) in [5.74, 6) is 1.11. The molecular weight excluding hydrogens is 186 g/mol. The molecule has 1 amide bonds. The number of carbonyl (C=O) groups is 1. The second-order valence-corrected chi connectivity index (χ2v) is 4.63. The van der Waals surface area contributed by atoms with Gasteiger partial charge in [0.2, 0.25) is 5.91 Å². The Hall–Kier alpha value is -1.57. The second-order valence-electron chi connectivity index (χ2n) is 4.63. The van der Waals surface area contributed by atoms with E-state index in [4.69, 9.17) is 0 Å². The highest BCUT2D eigenvalue weighted by Gasteiger charge is 2.53. The molecule has 2 heteroatoms. The minimum absolute atomic E-state index is 0.164. The highest BCUT2D eigenvalue weighted by Crippen LogP contribution is 2.54. The topological polar surface area (TPSA) is 29.1 Å². The van der Waals surface area contributed by atoms with Gasteiger partial charge in [0.05, 0.1) is 12.0 Å². The van der Waals surface area contributed by atoms with Crippen LogP contribution in [0.5, 0.6) is 0 Å². The first-order valence-electron chi connectivity index (χ1n) is 5.44. The van der Waals surface area contributed by atoms with Crippen LogP contribution in [-0.4, -0.2) is 11.9 Å². The summed E-state index contributed by atoms with van der Waals surface area (Å²) in [6.07, 6.45) is 4.37. The Balaban J connectivity index is 2.01. The fraction of sp³-hybridized carbons (Fsp3) is 0.308. The smallest absolute Gasteiger partial charge is 0.225 e. The molecule has 2 nitrogen and oxygen atoms in total. The van der Waals surface area contributed by atoms with E-state index in [1.54, 1.807) is 0 Å². The van der Waals surface area contributed by atoms with Crippen LogP contribution in [0, 0.1) is 5.92 Å². The molecule has 1 saturated heterocycles. The molecule has 1 heterocycles. The number of carbonyl (C=O) groups excluding carboxylic acids is 1. The lowest BCUT2D eigenvalue weighted by Gasteiger charge is -2.19. The van der Waals surface area contributed by atoms with Gasteiger partial charge in [0, 0.05) is 11.8 Å². The molecule has 4 rings (SSSR count). The molecule has 2 aliphatic carbocycles. The number of benzene rings is 1. The van der Waals surface area contributed by atoms with Crippen LogP contribution in [0.15, 0.2) is 36.4 Å². The van der Waals surface area contributed by atoms with Gasteiger partial charge in [0.15, 0.2) is 0 Å². The molecule has 0 spiro atoms. The quantitative estimate of drug-likeness (QED) is 0.628. The van der Waals surface area contributed by atoms with Crippen molar-refractivity contribution in [3.8, 4) is 0 Å². The molecule has 3 aliphatic rings. The average Bonchev–Trinajstić information content (AvgIpc) is 2.64. The summed E-state index contributed by atoms with van der Waals surface area (Å²) in [6, 6.07) is 8.72. The standard InChI is InChI=1S/C13H11NO/c15-13-12-9-5-6-10(14-13)11(12)8-4-2-1-3-7(8)9/h1-6,9-12H,(H,14,15)/t9-,10-,11+,12+/m0/s1. The first-order valence-corrected chi connectivity index (χ1v) is 5.44. The minimum atomic E-state index is 0.164. The molecule has 1 aromatic carbocycles. The predicted octanol–water partition coefficient (Wildman–Crippen LogP) is 1.55. The van der Waals surface area contributed by atoms with Gasteiger partial charge >= 0.3 is 0 Å². The second kappa shape index (κ2) is 2.32. The third-order valence-corrected chi connectivity index (χ3v) is 4.01. The molecular formula is C13H11NO. The van der Waals surface area contributed by atoms with E-state index < -0.39 is 0 Å². The van der Waals surface area contributed by atoms with Crippen LogP contribution in [-0.2, 0) is 4.79 Å². The van der Waals surface area contributed by atoms with Crippen LogP contribution in [0.25, 0.3) is 0 Å². The molecule has 4 bridgehead atoms. The number of nitrogens with one attached hydrogen (secondary N) is 1. The van der Waals surface area contributed by atoms with Gasteiger partial charge < -0.3 is 5.32 Å². The van der Waals surface area contributed by atoms with Crippen LogP contribution >= 0.6 is 0 Å². The Bertz CT molecular complexity index is 491. The van der Waals surface area contributed by atoms with Gasteiger partial charge in [0.25, 0.3) is 0 Å². The van der Waals surface area contributed by atoms with Crippen molar-refractivity contribution in [3.05, 3.63) is 47.5 Å². The Kier molecular flexibility index (Phi) is 1.19. The van der Waals surface area contributed by atoms with E-state index in [9.17, 15) is 4.79 Å². The highest BCUT2D eigenvalue weighted by molar-refractivity contribution is 5.87. The number of allylic oxidation sites excluding steroid dienone is 1. The first-order chi connectivity index (χ1) is 7.36.